The molecule has 5 heteroatoms. The number of carbonyl (C=O) groups is 1. The molecule has 2 aromatic rings. The number of fused-ring (bicyclic) bond motifs is 1. The lowest BCUT2D eigenvalue weighted by Crippen LogP contribution is -2.38. The van der Waals surface area contributed by atoms with Crippen molar-refractivity contribution in [2.45, 2.75) is 19.0 Å². The number of benzene rings is 2. The minimum absolute atomic E-state index is 0.232. The van der Waals surface area contributed by atoms with Crippen LogP contribution in [0.3, 0.4) is 0 Å². The van der Waals surface area contributed by atoms with E-state index in [0.29, 0.717) is 18.7 Å². The molecule has 1 atom stereocenters. The lowest BCUT2D eigenvalue weighted by atomic mass is 10.0. The van der Waals surface area contributed by atoms with Crippen molar-refractivity contribution >= 4 is 5.97 Å². The lowest BCUT2D eigenvalue weighted by molar-refractivity contribution is 0.0697. The van der Waals surface area contributed by atoms with Crippen LogP contribution >= 0.6 is 0 Å². The van der Waals surface area contributed by atoms with E-state index in [-0.39, 0.29) is 6.04 Å². The van der Waals surface area contributed by atoms with Gasteiger partial charge >= 0.3 is 5.97 Å². The molecule has 0 fully saturated rings. The minimum Gasteiger partial charge on any atom is -0.497 e. The van der Waals surface area contributed by atoms with Gasteiger partial charge in [-0.05, 0) is 35.7 Å². The minimum atomic E-state index is -0.905. The summed E-state index contributed by atoms with van der Waals surface area (Å²) in [6.45, 7) is 1.28. The second-order valence-electron chi connectivity index (χ2n) is 5.57. The van der Waals surface area contributed by atoms with Crippen molar-refractivity contribution in [1.82, 2.24) is 5.32 Å². The summed E-state index contributed by atoms with van der Waals surface area (Å²) in [7, 11) is 1.64. The van der Waals surface area contributed by atoms with Crippen molar-refractivity contribution in [1.29, 1.82) is 0 Å². The Morgan fingerprint density at radius 1 is 1.30 bits per heavy atom. The number of ether oxygens (including phenoxy) is 2. The van der Waals surface area contributed by atoms with E-state index >= 15 is 0 Å². The van der Waals surface area contributed by atoms with Crippen LogP contribution in [0.15, 0.2) is 42.5 Å². The molecule has 120 valence electrons. The molecule has 1 unspecified atom stereocenters. The van der Waals surface area contributed by atoms with Crippen LogP contribution in [0.4, 0.5) is 0 Å². The zero-order valence-electron chi connectivity index (χ0n) is 12.9. The zero-order valence-corrected chi connectivity index (χ0v) is 12.9. The third-order valence-electron chi connectivity index (χ3n) is 3.98. The van der Waals surface area contributed by atoms with Crippen LogP contribution in [-0.4, -0.2) is 30.8 Å². The molecule has 3 rings (SSSR count). The number of hydrogen-bond acceptors (Lipinski definition) is 4. The van der Waals surface area contributed by atoms with Gasteiger partial charge in [0, 0.05) is 18.7 Å². The SMILES string of the molecule is COc1ccc2c(c1)OCC(NCc1ccc(C(=O)O)cc1)C2. The second-order valence-corrected chi connectivity index (χ2v) is 5.57. The van der Waals surface area contributed by atoms with Crippen molar-refractivity contribution in [3.05, 3.63) is 59.2 Å². The van der Waals surface area contributed by atoms with Crippen LogP contribution in [0, 0.1) is 0 Å². The van der Waals surface area contributed by atoms with Gasteiger partial charge in [0.25, 0.3) is 0 Å². The molecular weight excluding hydrogens is 294 g/mol. The number of carboxylic acids is 1. The summed E-state index contributed by atoms with van der Waals surface area (Å²) in [4.78, 5) is 10.8. The molecule has 1 heterocycles. The van der Waals surface area contributed by atoms with Gasteiger partial charge in [0.05, 0.1) is 12.7 Å². The first-order valence-corrected chi connectivity index (χ1v) is 7.51. The standard InChI is InChI=1S/C18H19NO4/c1-22-16-7-6-14-8-15(11-23-17(14)9-16)19-10-12-2-4-13(5-3-12)18(20)21/h2-7,9,15,19H,8,10-11H2,1H3,(H,20,21). The van der Waals surface area contributed by atoms with Gasteiger partial charge < -0.3 is 19.9 Å². The fourth-order valence-corrected chi connectivity index (χ4v) is 2.64. The molecule has 1 aliphatic heterocycles. The van der Waals surface area contributed by atoms with Crippen LogP contribution in [0.5, 0.6) is 11.5 Å². The highest BCUT2D eigenvalue weighted by Crippen LogP contribution is 2.29. The Balaban J connectivity index is 1.58. The van der Waals surface area contributed by atoms with Crippen molar-refractivity contribution < 1.29 is 19.4 Å². The second kappa shape index (κ2) is 6.71. The molecule has 0 saturated carbocycles. The Labute approximate surface area is 134 Å². The fourth-order valence-electron chi connectivity index (χ4n) is 2.64. The Hall–Kier alpha value is -2.53. The molecule has 0 spiro atoms. The fraction of sp³-hybridized carbons (Fsp3) is 0.278. The predicted molar refractivity (Wildman–Crippen MR) is 86.2 cm³/mol. The highest BCUT2D eigenvalue weighted by molar-refractivity contribution is 5.87. The Bertz CT molecular complexity index is 697. The van der Waals surface area contributed by atoms with Crippen LogP contribution in [0.1, 0.15) is 21.5 Å². The van der Waals surface area contributed by atoms with Gasteiger partial charge in [-0.2, -0.15) is 0 Å². The summed E-state index contributed by atoms with van der Waals surface area (Å²) < 4.78 is 11.0. The third kappa shape index (κ3) is 3.63. The zero-order chi connectivity index (χ0) is 16.2. The van der Waals surface area contributed by atoms with Crippen LogP contribution in [0.2, 0.25) is 0 Å². The van der Waals surface area contributed by atoms with Crippen LogP contribution in [-0.2, 0) is 13.0 Å². The average molecular weight is 313 g/mol. The number of carboxylic acid groups (broad SMARTS) is 1. The normalized spacial score (nSPS) is 16.3. The van der Waals surface area contributed by atoms with E-state index in [2.05, 4.69) is 5.32 Å². The van der Waals surface area contributed by atoms with Gasteiger partial charge in [0.15, 0.2) is 0 Å². The summed E-state index contributed by atoms with van der Waals surface area (Å²) in [5, 5.41) is 12.4. The summed E-state index contributed by atoms with van der Waals surface area (Å²) in [5.74, 6) is 0.777. The monoisotopic (exact) mass is 313 g/mol. The largest absolute Gasteiger partial charge is 0.497 e. The highest BCUT2D eigenvalue weighted by Gasteiger charge is 2.19. The van der Waals surface area contributed by atoms with Gasteiger partial charge in [0.2, 0.25) is 0 Å². The molecule has 0 amide bonds. The first kappa shape index (κ1) is 15.4. The maximum atomic E-state index is 10.8. The van der Waals surface area contributed by atoms with Crippen LogP contribution in [0.25, 0.3) is 0 Å². The molecule has 0 bridgehead atoms. The number of rotatable bonds is 5. The summed E-state index contributed by atoms with van der Waals surface area (Å²) in [5.41, 5.74) is 2.52. The van der Waals surface area contributed by atoms with Crippen molar-refractivity contribution in [3.8, 4) is 11.5 Å². The molecular formula is C18H19NO4. The number of hydrogen-bond donors (Lipinski definition) is 2. The van der Waals surface area contributed by atoms with E-state index in [9.17, 15) is 4.79 Å². The van der Waals surface area contributed by atoms with E-state index in [0.717, 1.165) is 29.0 Å². The molecule has 5 nitrogen and oxygen atoms in total. The lowest BCUT2D eigenvalue weighted by Gasteiger charge is -2.26. The quantitative estimate of drug-likeness (QED) is 0.887. The summed E-state index contributed by atoms with van der Waals surface area (Å²) in [6.07, 6.45) is 0.895. The number of aromatic carboxylic acids is 1. The molecule has 23 heavy (non-hydrogen) atoms. The first-order valence-electron chi connectivity index (χ1n) is 7.51. The van der Waals surface area contributed by atoms with E-state index in [1.54, 1.807) is 19.2 Å². The van der Waals surface area contributed by atoms with Gasteiger partial charge in [0.1, 0.15) is 18.1 Å². The molecule has 0 aromatic heterocycles. The van der Waals surface area contributed by atoms with Gasteiger partial charge in [-0.15, -0.1) is 0 Å². The van der Waals surface area contributed by atoms with E-state index in [1.807, 2.05) is 30.3 Å². The van der Waals surface area contributed by atoms with Gasteiger partial charge in [-0.3, -0.25) is 0 Å². The average Bonchev–Trinajstić information content (AvgIpc) is 2.59. The van der Waals surface area contributed by atoms with E-state index in [4.69, 9.17) is 14.6 Å². The Kier molecular flexibility index (Phi) is 4.48. The van der Waals surface area contributed by atoms with Crippen LogP contribution < -0.4 is 14.8 Å². The van der Waals surface area contributed by atoms with Crippen molar-refractivity contribution in [2.75, 3.05) is 13.7 Å². The first-order chi connectivity index (χ1) is 11.2. The number of nitrogens with one attached hydrogen (secondary N) is 1. The summed E-state index contributed by atoms with van der Waals surface area (Å²) >= 11 is 0. The topological polar surface area (TPSA) is 67.8 Å². The molecule has 0 saturated heterocycles. The highest BCUT2D eigenvalue weighted by atomic mass is 16.5. The molecule has 0 radical (unpaired) electrons. The molecule has 2 N–H and O–H groups in total. The summed E-state index contributed by atoms with van der Waals surface area (Å²) in [6, 6.07) is 13.0. The Morgan fingerprint density at radius 3 is 2.78 bits per heavy atom. The van der Waals surface area contributed by atoms with Crippen molar-refractivity contribution in [3.63, 3.8) is 0 Å². The maximum Gasteiger partial charge on any atom is 0.335 e. The molecule has 2 aromatic carbocycles. The molecule has 1 aliphatic rings. The third-order valence-corrected chi connectivity index (χ3v) is 3.98. The van der Waals surface area contributed by atoms with E-state index < -0.39 is 5.97 Å². The van der Waals surface area contributed by atoms with E-state index in [1.165, 1.54) is 0 Å². The smallest absolute Gasteiger partial charge is 0.335 e. The Morgan fingerprint density at radius 2 is 2.09 bits per heavy atom. The predicted octanol–water partition coefficient (Wildman–Crippen LogP) is 2.49. The van der Waals surface area contributed by atoms with Gasteiger partial charge in [-0.25, -0.2) is 4.79 Å². The van der Waals surface area contributed by atoms with Gasteiger partial charge in [-0.1, -0.05) is 18.2 Å². The maximum absolute atomic E-state index is 10.8. The number of methoxy groups -OCH3 is 1. The van der Waals surface area contributed by atoms with Crippen molar-refractivity contribution in [2.24, 2.45) is 0 Å². The molecule has 0 aliphatic carbocycles.